The number of thioether (sulfide) groups is 1. The van der Waals surface area contributed by atoms with E-state index in [0.717, 1.165) is 40.5 Å². The van der Waals surface area contributed by atoms with Gasteiger partial charge in [0.05, 0.1) is 0 Å². The number of aromatic amines is 2. The number of hydrogen-bond donors (Lipinski definition) is 3. The number of carboxylic acid groups (broad SMARTS) is 1. The standard InChI is InChI=1S/C15H14N4O2S/c1-2-13-17-15(19-18-13)22-12(14(20)21)7-9-8-16-11-6-4-3-5-10(9)11/h3-8,16H,2H2,1H3,(H,20,21)(H,17,18,19)/b12-7+. The van der Waals surface area contributed by atoms with Gasteiger partial charge in [-0.3, -0.25) is 5.10 Å². The molecule has 6 nitrogen and oxygen atoms in total. The van der Waals surface area contributed by atoms with Gasteiger partial charge in [-0.15, -0.1) is 5.10 Å². The second-order valence-electron chi connectivity index (χ2n) is 4.62. The molecular formula is C15H14N4O2S. The lowest BCUT2D eigenvalue weighted by Gasteiger charge is -1.98. The Morgan fingerprint density at radius 3 is 2.95 bits per heavy atom. The number of nitrogens with zero attached hydrogens (tertiary/aromatic N) is 2. The van der Waals surface area contributed by atoms with Crippen LogP contribution in [0.3, 0.4) is 0 Å². The Hall–Kier alpha value is -2.54. The molecule has 0 aliphatic heterocycles. The largest absolute Gasteiger partial charge is 0.477 e. The zero-order chi connectivity index (χ0) is 15.5. The summed E-state index contributed by atoms with van der Waals surface area (Å²) in [5.41, 5.74) is 1.79. The van der Waals surface area contributed by atoms with E-state index >= 15 is 0 Å². The lowest BCUT2D eigenvalue weighted by Crippen LogP contribution is -1.97. The van der Waals surface area contributed by atoms with E-state index in [1.54, 1.807) is 12.3 Å². The van der Waals surface area contributed by atoms with Crippen LogP contribution < -0.4 is 0 Å². The molecule has 0 amide bonds. The first kappa shape index (κ1) is 14.4. The van der Waals surface area contributed by atoms with Crippen LogP contribution >= 0.6 is 11.8 Å². The van der Waals surface area contributed by atoms with Gasteiger partial charge >= 0.3 is 5.97 Å². The summed E-state index contributed by atoms with van der Waals surface area (Å²) < 4.78 is 0. The quantitative estimate of drug-likeness (QED) is 0.497. The Kier molecular flexibility index (Phi) is 3.97. The SMILES string of the molecule is CCc1nc(S/C(=C/c2c[nH]c3ccccc23)C(=O)O)n[nH]1. The number of fused-ring (bicyclic) bond motifs is 1. The highest BCUT2D eigenvalue weighted by atomic mass is 32.2. The molecule has 0 aliphatic carbocycles. The van der Waals surface area contributed by atoms with Gasteiger partial charge in [-0.25, -0.2) is 9.78 Å². The van der Waals surface area contributed by atoms with Crippen LogP contribution in [0, 0.1) is 0 Å². The van der Waals surface area contributed by atoms with E-state index in [1.165, 1.54) is 0 Å². The number of carboxylic acids is 1. The maximum atomic E-state index is 11.5. The van der Waals surface area contributed by atoms with Crippen molar-refractivity contribution < 1.29 is 9.90 Å². The topological polar surface area (TPSA) is 94.7 Å². The molecule has 0 radical (unpaired) electrons. The van der Waals surface area contributed by atoms with Gasteiger partial charge < -0.3 is 10.1 Å². The summed E-state index contributed by atoms with van der Waals surface area (Å²) in [6.45, 7) is 1.95. The molecule has 0 saturated heterocycles. The fourth-order valence-electron chi connectivity index (χ4n) is 2.07. The van der Waals surface area contributed by atoms with Gasteiger partial charge in [-0.2, -0.15) is 0 Å². The first-order chi connectivity index (χ1) is 10.7. The first-order valence-corrected chi connectivity index (χ1v) is 7.59. The third-order valence-electron chi connectivity index (χ3n) is 3.17. The van der Waals surface area contributed by atoms with Crippen LogP contribution in [0.1, 0.15) is 18.3 Å². The number of benzene rings is 1. The number of aryl methyl sites for hydroxylation is 1. The van der Waals surface area contributed by atoms with Crippen molar-refractivity contribution in [1.29, 1.82) is 0 Å². The van der Waals surface area contributed by atoms with Crippen molar-refractivity contribution in [2.45, 2.75) is 18.5 Å². The lowest BCUT2D eigenvalue weighted by molar-refractivity contribution is -0.131. The normalized spacial score (nSPS) is 12.0. The maximum Gasteiger partial charge on any atom is 0.342 e. The number of para-hydroxylation sites is 1. The molecule has 2 heterocycles. The third kappa shape index (κ3) is 2.89. The Bertz CT molecular complexity index is 850. The van der Waals surface area contributed by atoms with Crippen molar-refractivity contribution >= 4 is 34.7 Å². The third-order valence-corrected chi connectivity index (χ3v) is 4.04. The minimum atomic E-state index is -1.00. The molecule has 0 fully saturated rings. The molecule has 7 heteroatoms. The highest BCUT2D eigenvalue weighted by molar-refractivity contribution is 8.04. The number of nitrogens with one attached hydrogen (secondary N) is 2. The van der Waals surface area contributed by atoms with E-state index in [2.05, 4.69) is 20.2 Å². The molecule has 0 aliphatic rings. The number of carbonyl (C=O) groups is 1. The van der Waals surface area contributed by atoms with E-state index in [1.807, 2.05) is 31.2 Å². The van der Waals surface area contributed by atoms with Gasteiger partial charge in [0.1, 0.15) is 10.7 Å². The van der Waals surface area contributed by atoms with Crippen molar-refractivity contribution in [2.24, 2.45) is 0 Å². The molecule has 0 spiro atoms. The molecule has 0 atom stereocenters. The van der Waals surface area contributed by atoms with E-state index in [-0.39, 0.29) is 4.91 Å². The lowest BCUT2D eigenvalue weighted by atomic mass is 10.1. The van der Waals surface area contributed by atoms with Gasteiger partial charge in [0.25, 0.3) is 0 Å². The summed E-state index contributed by atoms with van der Waals surface area (Å²) in [5, 5.41) is 17.6. The van der Waals surface area contributed by atoms with Crippen molar-refractivity contribution in [3.63, 3.8) is 0 Å². The van der Waals surface area contributed by atoms with Gasteiger partial charge in [-0.1, -0.05) is 25.1 Å². The fraction of sp³-hybridized carbons (Fsp3) is 0.133. The maximum absolute atomic E-state index is 11.5. The zero-order valence-electron chi connectivity index (χ0n) is 11.8. The summed E-state index contributed by atoms with van der Waals surface area (Å²) >= 11 is 1.03. The van der Waals surface area contributed by atoms with Crippen LogP contribution in [-0.4, -0.2) is 31.2 Å². The molecule has 0 bridgehead atoms. The summed E-state index contributed by atoms with van der Waals surface area (Å²) in [5.74, 6) is -0.266. The minimum Gasteiger partial charge on any atom is -0.477 e. The average Bonchev–Trinajstić information content (AvgIpc) is 3.14. The van der Waals surface area contributed by atoms with Gasteiger partial charge in [0.2, 0.25) is 5.16 Å². The summed E-state index contributed by atoms with van der Waals surface area (Å²) in [4.78, 5) is 19.0. The number of aliphatic carboxylic acids is 1. The number of rotatable bonds is 5. The van der Waals surface area contributed by atoms with Crippen molar-refractivity contribution in [1.82, 2.24) is 20.2 Å². The minimum absolute atomic E-state index is 0.173. The van der Waals surface area contributed by atoms with Gasteiger partial charge in [-0.05, 0) is 23.9 Å². The fourth-order valence-corrected chi connectivity index (χ4v) is 2.79. The second kappa shape index (κ2) is 6.07. The molecule has 3 N–H and O–H groups in total. The Balaban J connectivity index is 1.94. The summed E-state index contributed by atoms with van der Waals surface area (Å²) in [6, 6.07) is 7.75. The highest BCUT2D eigenvalue weighted by Crippen LogP contribution is 2.28. The van der Waals surface area contributed by atoms with Crippen LogP contribution in [0.4, 0.5) is 0 Å². The van der Waals surface area contributed by atoms with Gasteiger partial charge in [0.15, 0.2) is 0 Å². The van der Waals surface area contributed by atoms with Gasteiger partial charge in [0, 0.05) is 29.1 Å². The van der Waals surface area contributed by atoms with Crippen molar-refractivity contribution in [3.05, 3.63) is 46.8 Å². The Labute approximate surface area is 130 Å². The first-order valence-electron chi connectivity index (χ1n) is 6.77. The Morgan fingerprint density at radius 2 is 2.23 bits per heavy atom. The van der Waals surface area contributed by atoms with Crippen LogP contribution in [0.5, 0.6) is 0 Å². The molecule has 3 aromatic rings. The van der Waals surface area contributed by atoms with E-state index in [0.29, 0.717) is 5.16 Å². The molecule has 0 unspecified atom stereocenters. The predicted octanol–water partition coefficient (Wildman–Crippen LogP) is 3.07. The van der Waals surface area contributed by atoms with Crippen molar-refractivity contribution in [2.75, 3.05) is 0 Å². The molecule has 22 heavy (non-hydrogen) atoms. The molecule has 0 saturated carbocycles. The second-order valence-corrected chi connectivity index (χ2v) is 5.63. The average molecular weight is 314 g/mol. The summed E-state index contributed by atoms with van der Waals surface area (Å²) in [6.07, 6.45) is 4.15. The zero-order valence-corrected chi connectivity index (χ0v) is 12.6. The molecule has 3 rings (SSSR count). The summed E-state index contributed by atoms with van der Waals surface area (Å²) in [7, 11) is 0. The van der Waals surface area contributed by atoms with Crippen LogP contribution in [-0.2, 0) is 11.2 Å². The van der Waals surface area contributed by atoms with E-state index < -0.39 is 5.97 Å². The van der Waals surface area contributed by atoms with Crippen molar-refractivity contribution in [3.8, 4) is 0 Å². The highest BCUT2D eigenvalue weighted by Gasteiger charge is 2.14. The number of aromatic nitrogens is 4. The molecule has 1 aromatic carbocycles. The molecular weight excluding hydrogens is 300 g/mol. The van der Waals surface area contributed by atoms with Crippen LogP contribution in [0.2, 0.25) is 0 Å². The number of hydrogen-bond acceptors (Lipinski definition) is 4. The van der Waals surface area contributed by atoms with Crippen LogP contribution in [0.15, 0.2) is 40.5 Å². The van der Waals surface area contributed by atoms with Crippen LogP contribution in [0.25, 0.3) is 17.0 Å². The predicted molar refractivity (Wildman–Crippen MR) is 85.5 cm³/mol. The number of H-pyrrole nitrogens is 2. The van der Waals surface area contributed by atoms with E-state index in [4.69, 9.17) is 0 Å². The molecule has 112 valence electrons. The Morgan fingerprint density at radius 1 is 1.41 bits per heavy atom. The molecule has 2 aromatic heterocycles. The smallest absolute Gasteiger partial charge is 0.342 e. The van der Waals surface area contributed by atoms with E-state index in [9.17, 15) is 9.90 Å². The monoisotopic (exact) mass is 314 g/mol.